The van der Waals surface area contributed by atoms with Crippen LogP contribution in [-0.4, -0.2) is 46.4 Å². The van der Waals surface area contributed by atoms with E-state index in [2.05, 4.69) is 17.5 Å². The number of hydrogen-bond donors (Lipinski definition) is 2. The van der Waals surface area contributed by atoms with E-state index < -0.39 is 15.8 Å². The van der Waals surface area contributed by atoms with E-state index in [0.717, 1.165) is 18.1 Å². The molecule has 1 unspecified atom stereocenters. The van der Waals surface area contributed by atoms with Crippen LogP contribution in [0, 0.1) is 0 Å². The van der Waals surface area contributed by atoms with E-state index in [9.17, 15) is 18.0 Å². The van der Waals surface area contributed by atoms with Crippen LogP contribution in [0.15, 0.2) is 77.7 Å². The van der Waals surface area contributed by atoms with Gasteiger partial charge in [0.15, 0.2) is 9.84 Å². The Balaban J connectivity index is 1.53. The van der Waals surface area contributed by atoms with Gasteiger partial charge < -0.3 is 19.0 Å². The Labute approximate surface area is 220 Å². The van der Waals surface area contributed by atoms with Crippen molar-refractivity contribution >= 4 is 46.1 Å². The summed E-state index contributed by atoms with van der Waals surface area (Å²) in [6.45, 7) is -0.0982. The number of sulfone groups is 1. The van der Waals surface area contributed by atoms with E-state index in [1.54, 1.807) is 48.5 Å². The third-order valence-electron chi connectivity index (χ3n) is 5.77. The number of para-hydroxylation sites is 1. The molecule has 0 radical (unpaired) electrons. The van der Waals surface area contributed by atoms with Crippen molar-refractivity contribution in [3.05, 3.63) is 89.5 Å². The first-order valence-electron chi connectivity index (χ1n) is 11.3. The molecular weight excluding hydrogens is 514 g/mol. The van der Waals surface area contributed by atoms with Crippen LogP contribution in [0.3, 0.4) is 0 Å². The summed E-state index contributed by atoms with van der Waals surface area (Å²) in [6.07, 6.45) is 2.43. The quantitative estimate of drug-likeness (QED) is 0.165. The minimum Gasteiger partial charge on any atom is -0.458 e. The third kappa shape index (κ3) is 6.40. The fraction of sp³-hybridized carbons (Fsp3) is 0.185. The van der Waals surface area contributed by atoms with Gasteiger partial charge in [-0.1, -0.05) is 55.3 Å². The van der Waals surface area contributed by atoms with Crippen molar-refractivity contribution in [2.75, 3.05) is 19.7 Å². The van der Waals surface area contributed by atoms with Crippen molar-refractivity contribution < 1.29 is 32.2 Å². The fourth-order valence-corrected chi connectivity index (χ4v) is 4.70. The lowest BCUT2D eigenvalue weighted by Gasteiger charge is -2.14. The van der Waals surface area contributed by atoms with Crippen LogP contribution < -0.4 is 14.2 Å². The minimum atomic E-state index is -3.42. The van der Waals surface area contributed by atoms with Crippen molar-refractivity contribution in [3.8, 4) is 11.5 Å². The Bertz CT molecular complexity index is 1430. The summed E-state index contributed by atoms with van der Waals surface area (Å²) in [7, 11) is -3.42. The zero-order chi connectivity index (χ0) is 26.4. The summed E-state index contributed by atoms with van der Waals surface area (Å²) in [5, 5.41) is 0. The zero-order valence-corrected chi connectivity index (χ0v) is 21.6. The van der Waals surface area contributed by atoms with Gasteiger partial charge in [-0.15, -0.1) is 0 Å². The van der Waals surface area contributed by atoms with E-state index in [0.29, 0.717) is 40.2 Å². The first-order valence-corrected chi connectivity index (χ1v) is 13.6. The molecule has 1 aliphatic heterocycles. The maximum absolute atomic E-state index is 12.7. The lowest BCUT2D eigenvalue weighted by Crippen LogP contribution is -2.24. The number of carbonyl (C=O) groups excluding carboxylic acids is 2. The van der Waals surface area contributed by atoms with Crippen LogP contribution in [-0.2, 0) is 30.6 Å². The van der Waals surface area contributed by atoms with Gasteiger partial charge in [0.05, 0.1) is 16.5 Å². The molecule has 3 aromatic rings. The molecule has 0 spiro atoms. The molecule has 1 aliphatic rings. The Morgan fingerprint density at radius 1 is 1.05 bits per heavy atom. The highest BCUT2D eigenvalue weighted by atomic mass is 32.2. The number of cyclic esters (lactones) is 1. The van der Waals surface area contributed by atoms with Gasteiger partial charge in [0.25, 0.3) is 0 Å². The Hall–Kier alpha value is -3.60. The summed E-state index contributed by atoms with van der Waals surface area (Å²) < 4.78 is 43.6. The molecule has 10 heteroatoms. The van der Waals surface area contributed by atoms with Crippen molar-refractivity contribution in [2.24, 2.45) is 0 Å². The van der Waals surface area contributed by atoms with Gasteiger partial charge in [0.1, 0.15) is 24.4 Å². The van der Waals surface area contributed by atoms with Gasteiger partial charge >= 0.3 is 5.97 Å². The van der Waals surface area contributed by atoms with Crippen LogP contribution >= 0.6 is 12.8 Å². The predicted molar refractivity (Wildman–Crippen MR) is 142 cm³/mol. The largest absolute Gasteiger partial charge is 0.458 e. The first kappa shape index (κ1) is 26.5. The number of rotatable bonds is 11. The normalized spacial score (nSPS) is 14.3. The van der Waals surface area contributed by atoms with E-state index >= 15 is 0 Å². The van der Waals surface area contributed by atoms with Crippen molar-refractivity contribution in [3.63, 3.8) is 0 Å². The smallest absolute Gasteiger partial charge is 0.339 e. The topological polar surface area (TPSA) is 108 Å². The zero-order valence-electron chi connectivity index (χ0n) is 19.9. The van der Waals surface area contributed by atoms with Gasteiger partial charge in [0, 0.05) is 17.4 Å². The molecule has 0 amide bonds. The standard InChI is InChI=1S/C27H25NO7S2/c1-37(31,32)22-6-4-5-19(14-22)24-16-33-27(30)26(24)23-7-2-3-8-25(23)35-17-34-21-11-9-18(10-12-21)13-20(15-29)28-36/h2-12,14-15,20,28,36H,13,16-17H2,1H3. The first-order chi connectivity index (χ1) is 17.8. The molecule has 1 N–H and O–H groups in total. The number of nitrogens with one attached hydrogen (secondary N) is 1. The molecule has 4 rings (SSSR count). The second kappa shape index (κ2) is 11.6. The molecule has 0 fully saturated rings. The highest BCUT2D eigenvalue weighted by Gasteiger charge is 2.29. The Morgan fingerprint density at radius 3 is 2.51 bits per heavy atom. The van der Waals surface area contributed by atoms with Crippen molar-refractivity contribution in [2.45, 2.75) is 17.4 Å². The summed E-state index contributed by atoms with van der Waals surface area (Å²) >= 11 is 3.94. The average Bonchev–Trinajstić information content (AvgIpc) is 3.29. The number of hydrogen-bond acceptors (Lipinski definition) is 9. The van der Waals surface area contributed by atoms with Gasteiger partial charge in [-0.2, -0.15) is 0 Å². The van der Waals surface area contributed by atoms with Crippen LogP contribution in [0.5, 0.6) is 11.5 Å². The molecule has 0 bridgehead atoms. The Kier molecular flexibility index (Phi) is 8.32. The molecule has 0 saturated heterocycles. The summed E-state index contributed by atoms with van der Waals surface area (Å²) in [6, 6.07) is 20.3. The van der Waals surface area contributed by atoms with Crippen molar-refractivity contribution in [1.82, 2.24) is 4.72 Å². The second-order valence-electron chi connectivity index (χ2n) is 8.35. The second-order valence-corrected chi connectivity index (χ2v) is 10.6. The van der Waals surface area contributed by atoms with Gasteiger partial charge in [-0.25, -0.2) is 13.2 Å². The Morgan fingerprint density at radius 2 is 1.81 bits per heavy atom. The molecule has 1 heterocycles. The molecule has 0 saturated carbocycles. The highest BCUT2D eigenvalue weighted by Crippen LogP contribution is 2.37. The van der Waals surface area contributed by atoms with E-state index in [1.165, 1.54) is 12.1 Å². The molecule has 0 aromatic heterocycles. The maximum atomic E-state index is 12.7. The number of carbonyl (C=O) groups is 2. The van der Waals surface area contributed by atoms with E-state index in [-0.39, 0.29) is 24.3 Å². The summed E-state index contributed by atoms with van der Waals surface area (Å²) in [5.74, 6) is 0.468. The van der Waals surface area contributed by atoms with Gasteiger partial charge in [-0.05, 0) is 47.9 Å². The molecule has 37 heavy (non-hydrogen) atoms. The van der Waals surface area contributed by atoms with Gasteiger partial charge in [-0.3, -0.25) is 4.72 Å². The molecule has 1 atom stereocenters. The fourth-order valence-electron chi connectivity index (χ4n) is 3.88. The molecular formula is C27H25NO7S2. The summed E-state index contributed by atoms with van der Waals surface area (Å²) in [4.78, 5) is 23.9. The summed E-state index contributed by atoms with van der Waals surface area (Å²) in [5.41, 5.74) is 2.93. The number of esters is 1. The number of benzene rings is 3. The van der Waals surface area contributed by atoms with Crippen LogP contribution in [0.1, 0.15) is 16.7 Å². The number of aldehydes is 1. The number of ether oxygens (including phenoxy) is 3. The predicted octanol–water partition coefficient (Wildman–Crippen LogP) is 3.52. The van der Waals surface area contributed by atoms with Crippen LogP contribution in [0.4, 0.5) is 0 Å². The molecule has 3 aromatic carbocycles. The lowest BCUT2D eigenvalue weighted by molar-refractivity contribution is -0.133. The highest BCUT2D eigenvalue weighted by molar-refractivity contribution is 7.90. The molecule has 0 aliphatic carbocycles. The number of thiol groups is 1. The van der Waals surface area contributed by atoms with Gasteiger partial charge in [0.2, 0.25) is 6.79 Å². The van der Waals surface area contributed by atoms with Crippen molar-refractivity contribution in [1.29, 1.82) is 0 Å². The third-order valence-corrected chi connectivity index (χ3v) is 7.21. The molecule has 8 nitrogen and oxygen atoms in total. The van der Waals surface area contributed by atoms with E-state index in [4.69, 9.17) is 14.2 Å². The van der Waals surface area contributed by atoms with Crippen LogP contribution in [0.2, 0.25) is 0 Å². The monoisotopic (exact) mass is 539 g/mol. The average molecular weight is 540 g/mol. The SMILES string of the molecule is CS(=O)(=O)c1cccc(C2=C(c3ccccc3OCOc3ccc(CC(C=O)NS)cc3)C(=O)OC2)c1. The maximum Gasteiger partial charge on any atom is 0.339 e. The van der Waals surface area contributed by atoms with E-state index in [1.807, 2.05) is 12.1 Å². The lowest BCUT2D eigenvalue weighted by atomic mass is 9.96. The minimum absolute atomic E-state index is 0.0201. The van der Waals surface area contributed by atoms with Crippen LogP contribution in [0.25, 0.3) is 11.1 Å². The molecule has 192 valence electrons.